The van der Waals surface area contributed by atoms with Gasteiger partial charge in [0.25, 0.3) is 0 Å². The van der Waals surface area contributed by atoms with Crippen LogP contribution in [0.3, 0.4) is 0 Å². The van der Waals surface area contributed by atoms with Crippen LogP contribution in [-0.4, -0.2) is 53.5 Å². The molecular formula is C17H32N2O3. The molecule has 22 heavy (non-hydrogen) atoms. The summed E-state index contributed by atoms with van der Waals surface area (Å²) in [4.78, 5) is 14.1. The minimum Gasteiger partial charge on any atom is -0.444 e. The Kier molecular flexibility index (Phi) is 6.09. The summed E-state index contributed by atoms with van der Waals surface area (Å²) in [6.45, 7) is 8.38. The lowest BCUT2D eigenvalue weighted by atomic mass is 9.88. The minimum absolute atomic E-state index is 0.148. The van der Waals surface area contributed by atoms with Gasteiger partial charge in [0, 0.05) is 12.6 Å². The Balaban J connectivity index is 1.68. The number of aliphatic hydroxyl groups excluding tert-OH is 1. The van der Waals surface area contributed by atoms with E-state index in [9.17, 15) is 9.90 Å². The molecule has 1 amide bonds. The summed E-state index contributed by atoms with van der Waals surface area (Å²) in [6.07, 6.45) is 6.17. The zero-order valence-corrected chi connectivity index (χ0v) is 14.3. The second-order valence-corrected chi connectivity index (χ2v) is 7.78. The van der Waals surface area contributed by atoms with Crippen molar-refractivity contribution in [2.75, 3.05) is 19.6 Å². The zero-order valence-electron chi connectivity index (χ0n) is 14.3. The first kappa shape index (κ1) is 17.5. The molecule has 5 nitrogen and oxygen atoms in total. The van der Waals surface area contributed by atoms with Gasteiger partial charge in [-0.15, -0.1) is 0 Å². The second-order valence-electron chi connectivity index (χ2n) is 7.78. The maximum Gasteiger partial charge on any atom is 0.407 e. The van der Waals surface area contributed by atoms with Crippen LogP contribution in [0.1, 0.15) is 59.3 Å². The maximum atomic E-state index is 11.7. The summed E-state index contributed by atoms with van der Waals surface area (Å²) < 4.78 is 5.27. The van der Waals surface area contributed by atoms with Gasteiger partial charge in [-0.2, -0.15) is 0 Å². The first-order valence-corrected chi connectivity index (χ1v) is 8.74. The topological polar surface area (TPSA) is 61.8 Å². The molecule has 0 spiro atoms. The van der Waals surface area contributed by atoms with Crippen molar-refractivity contribution >= 4 is 6.09 Å². The molecule has 0 aromatic rings. The zero-order chi connectivity index (χ0) is 16.2. The molecule has 1 saturated carbocycles. The van der Waals surface area contributed by atoms with Crippen molar-refractivity contribution in [2.45, 2.75) is 77.0 Å². The highest BCUT2D eigenvalue weighted by molar-refractivity contribution is 5.67. The molecule has 2 unspecified atom stereocenters. The highest BCUT2D eigenvalue weighted by Gasteiger charge is 2.31. The Bertz CT molecular complexity index is 359. The van der Waals surface area contributed by atoms with Crippen LogP contribution in [-0.2, 0) is 4.74 Å². The van der Waals surface area contributed by atoms with E-state index in [1.807, 2.05) is 20.8 Å². The lowest BCUT2D eigenvalue weighted by Gasteiger charge is -2.41. The van der Waals surface area contributed by atoms with Gasteiger partial charge in [0.05, 0.1) is 6.10 Å². The summed E-state index contributed by atoms with van der Waals surface area (Å²) in [5.41, 5.74) is -0.440. The number of alkyl carbamates (subject to hydrolysis) is 1. The number of hydrogen-bond acceptors (Lipinski definition) is 4. The van der Waals surface area contributed by atoms with Gasteiger partial charge < -0.3 is 15.2 Å². The number of ether oxygens (including phenoxy) is 1. The van der Waals surface area contributed by atoms with Crippen LogP contribution in [0.5, 0.6) is 0 Å². The van der Waals surface area contributed by atoms with E-state index in [0.29, 0.717) is 18.5 Å². The third-order valence-electron chi connectivity index (χ3n) is 4.75. The predicted octanol–water partition coefficient (Wildman–Crippen LogP) is 2.53. The lowest BCUT2D eigenvalue weighted by Crippen LogP contribution is -2.49. The van der Waals surface area contributed by atoms with Crippen LogP contribution < -0.4 is 5.32 Å². The number of rotatable bonds is 3. The molecule has 0 bridgehead atoms. The Labute approximate surface area is 134 Å². The molecule has 2 fully saturated rings. The summed E-state index contributed by atoms with van der Waals surface area (Å²) in [7, 11) is 0. The van der Waals surface area contributed by atoms with Crippen molar-refractivity contribution in [2.24, 2.45) is 5.92 Å². The number of carbonyl (C=O) groups is 1. The molecule has 1 saturated heterocycles. The standard InChI is InChI=1S/C17H32N2O3/c1-17(2,3)22-16(21)18-12-13-8-10-19(11-9-13)14-6-4-5-7-15(14)20/h13-15,20H,4-12H2,1-3H3,(H,18,21). The fourth-order valence-corrected chi connectivity index (χ4v) is 3.55. The van der Waals surface area contributed by atoms with Crippen molar-refractivity contribution in [3.05, 3.63) is 0 Å². The van der Waals surface area contributed by atoms with Crippen LogP contribution in [0, 0.1) is 5.92 Å². The molecule has 0 aromatic carbocycles. The van der Waals surface area contributed by atoms with Crippen LogP contribution in [0.15, 0.2) is 0 Å². The first-order valence-electron chi connectivity index (χ1n) is 8.74. The molecule has 1 aliphatic heterocycles. The van der Waals surface area contributed by atoms with Gasteiger partial charge in [-0.05, 0) is 65.5 Å². The summed E-state index contributed by atoms with van der Waals surface area (Å²) in [5.74, 6) is 0.518. The number of likely N-dealkylation sites (tertiary alicyclic amines) is 1. The highest BCUT2D eigenvalue weighted by atomic mass is 16.6. The maximum absolute atomic E-state index is 11.7. The van der Waals surface area contributed by atoms with E-state index < -0.39 is 5.60 Å². The Morgan fingerprint density at radius 1 is 1.18 bits per heavy atom. The molecule has 1 aliphatic carbocycles. The van der Waals surface area contributed by atoms with Crippen molar-refractivity contribution in [3.8, 4) is 0 Å². The fourth-order valence-electron chi connectivity index (χ4n) is 3.55. The van der Waals surface area contributed by atoms with Gasteiger partial charge in [0.15, 0.2) is 0 Å². The largest absolute Gasteiger partial charge is 0.444 e. The molecule has 0 radical (unpaired) electrons. The van der Waals surface area contributed by atoms with Gasteiger partial charge in [-0.3, -0.25) is 4.90 Å². The van der Waals surface area contributed by atoms with E-state index in [2.05, 4.69) is 10.2 Å². The molecular weight excluding hydrogens is 280 g/mol. The predicted molar refractivity (Wildman–Crippen MR) is 86.8 cm³/mol. The molecule has 5 heteroatoms. The average Bonchev–Trinajstić information content (AvgIpc) is 2.45. The van der Waals surface area contributed by atoms with Crippen molar-refractivity contribution < 1.29 is 14.6 Å². The van der Waals surface area contributed by atoms with Crippen LogP contribution >= 0.6 is 0 Å². The highest BCUT2D eigenvalue weighted by Crippen LogP contribution is 2.27. The molecule has 2 N–H and O–H groups in total. The number of nitrogens with zero attached hydrogens (tertiary/aromatic N) is 1. The van der Waals surface area contributed by atoms with Crippen LogP contribution in [0.25, 0.3) is 0 Å². The summed E-state index contributed by atoms with van der Waals surface area (Å²) in [6, 6.07) is 0.355. The van der Waals surface area contributed by atoms with Gasteiger partial charge in [0.1, 0.15) is 5.60 Å². The number of piperidine rings is 1. The summed E-state index contributed by atoms with van der Waals surface area (Å²) >= 11 is 0. The first-order chi connectivity index (χ1) is 10.3. The molecule has 0 aromatic heterocycles. The molecule has 1 heterocycles. The van der Waals surface area contributed by atoms with Crippen molar-refractivity contribution in [1.82, 2.24) is 10.2 Å². The number of hydrogen-bond donors (Lipinski definition) is 2. The number of amides is 1. The smallest absolute Gasteiger partial charge is 0.407 e. The number of carbonyl (C=O) groups excluding carboxylic acids is 1. The molecule has 2 aliphatic rings. The average molecular weight is 312 g/mol. The van der Waals surface area contributed by atoms with E-state index in [-0.39, 0.29) is 12.2 Å². The molecule has 128 valence electrons. The Morgan fingerprint density at radius 2 is 1.82 bits per heavy atom. The minimum atomic E-state index is -0.440. The van der Waals surface area contributed by atoms with E-state index in [1.54, 1.807) is 0 Å². The van der Waals surface area contributed by atoms with Gasteiger partial charge in [-0.1, -0.05) is 12.8 Å². The van der Waals surface area contributed by atoms with Gasteiger partial charge in [-0.25, -0.2) is 4.79 Å². The van der Waals surface area contributed by atoms with Crippen molar-refractivity contribution in [3.63, 3.8) is 0 Å². The number of aliphatic hydroxyl groups is 1. The van der Waals surface area contributed by atoms with E-state index >= 15 is 0 Å². The normalized spacial score (nSPS) is 28.4. The van der Waals surface area contributed by atoms with E-state index in [1.165, 1.54) is 6.42 Å². The second kappa shape index (κ2) is 7.64. The Hall–Kier alpha value is -0.810. The number of nitrogens with one attached hydrogen (secondary N) is 1. The van der Waals surface area contributed by atoms with Crippen molar-refractivity contribution in [1.29, 1.82) is 0 Å². The quantitative estimate of drug-likeness (QED) is 0.840. The fraction of sp³-hybridized carbons (Fsp3) is 0.941. The Morgan fingerprint density at radius 3 is 2.41 bits per heavy atom. The third kappa shape index (κ3) is 5.43. The molecule has 2 rings (SSSR count). The SMILES string of the molecule is CC(C)(C)OC(=O)NCC1CCN(C2CCCCC2O)CC1. The van der Waals surface area contributed by atoms with Crippen LogP contribution in [0.4, 0.5) is 4.79 Å². The van der Waals surface area contributed by atoms with E-state index in [4.69, 9.17) is 4.74 Å². The summed E-state index contributed by atoms with van der Waals surface area (Å²) in [5, 5.41) is 13.0. The lowest BCUT2D eigenvalue weighted by molar-refractivity contribution is 0.00367. The third-order valence-corrected chi connectivity index (χ3v) is 4.75. The van der Waals surface area contributed by atoms with E-state index in [0.717, 1.165) is 45.2 Å². The van der Waals surface area contributed by atoms with Gasteiger partial charge in [0.2, 0.25) is 0 Å². The monoisotopic (exact) mass is 312 g/mol. The van der Waals surface area contributed by atoms with Crippen LogP contribution in [0.2, 0.25) is 0 Å². The van der Waals surface area contributed by atoms with Gasteiger partial charge >= 0.3 is 6.09 Å². The molecule has 2 atom stereocenters.